The molecule has 0 radical (unpaired) electrons. The zero-order chi connectivity index (χ0) is 16.5. The molecule has 22 heavy (non-hydrogen) atoms. The predicted molar refractivity (Wildman–Crippen MR) is 78.8 cm³/mol. The normalized spacial score (nSPS) is 9.36. The van der Waals surface area contributed by atoms with Crippen LogP contribution in [0.2, 0.25) is 0 Å². The van der Waals surface area contributed by atoms with Crippen LogP contribution in [-0.2, 0) is 4.74 Å². The molecule has 0 atom stereocenters. The molecular formula is C14H15N3O5. The minimum atomic E-state index is -0.504. The van der Waals surface area contributed by atoms with Crippen molar-refractivity contribution in [2.45, 2.75) is 0 Å². The first-order valence-corrected chi connectivity index (χ1v) is 6.17. The number of aromatic amines is 2. The number of nitrogens with one attached hydrogen (secondary N) is 2. The predicted octanol–water partition coefficient (Wildman–Crippen LogP) is -0.322. The SMILES string of the molecule is COC(=O)c1cc[nH]c(=O)c1.NCC(=O)c1cc[nH]c(=O)c1. The highest BCUT2D eigenvalue weighted by Crippen LogP contribution is 1.94. The Morgan fingerprint density at radius 3 is 2.00 bits per heavy atom. The van der Waals surface area contributed by atoms with Crippen molar-refractivity contribution in [3.8, 4) is 0 Å². The van der Waals surface area contributed by atoms with Gasteiger partial charge in [-0.15, -0.1) is 0 Å². The van der Waals surface area contributed by atoms with E-state index in [-0.39, 0.29) is 29.0 Å². The largest absolute Gasteiger partial charge is 0.465 e. The lowest BCUT2D eigenvalue weighted by molar-refractivity contribution is 0.0600. The second kappa shape index (κ2) is 8.32. The maximum atomic E-state index is 10.9. The number of hydrogen-bond donors (Lipinski definition) is 3. The van der Waals surface area contributed by atoms with E-state index in [1.807, 2.05) is 0 Å². The zero-order valence-electron chi connectivity index (χ0n) is 11.8. The second-order valence-electron chi connectivity index (χ2n) is 4.00. The fraction of sp³-hybridized carbons (Fsp3) is 0.143. The molecule has 116 valence electrons. The van der Waals surface area contributed by atoms with E-state index in [1.165, 1.54) is 43.8 Å². The van der Waals surface area contributed by atoms with E-state index >= 15 is 0 Å². The van der Waals surface area contributed by atoms with Gasteiger partial charge in [0.15, 0.2) is 5.78 Å². The van der Waals surface area contributed by atoms with Gasteiger partial charge in [0.25, 0.3) is 0 Å². The van der Waals surface area contributed by atoms with Gasteiger partial charge in [0.1, 0.15) is 0 Å². The number of pyridine rings is 2. The van der Waals surface area contributed by atoms with Gasteiger partial charge in [-0.25, -0.2) is 4.79 Å². The molecule has 0 aliphatic heterocycles. The first kappa shape index (κ1) is 17.1. The van der Waals surface area contributed by atoms with Gasteiger partial charge < -0.3 is 20.4 Å². The number of Topliss-reactive ketones (excluding diaryl/α,β-unsaturated/α-hetero) is 1. The summed E-state index contributed by atoms with van der Waals surface area (Å²) in [6, 6.07) is 5.42. The summed E-state index contributed by atoms with van der Waals surface area (Å²) in [5.41, 5.74) is 5.11. The van der Waals surface area contributed by atoms with Crippen LogP contribution in [0.1, 0.15) is 20.7 Å². The number of hydrogen-bond acceptors (Lipinski definition) is 6. The average Bonchev–Trinajstić information content (AvgIpc) is 2.54. The molecule has 8 nitrogen and oxygen atoms in total. The fourth-order valence-corrected chi connectivity index (χ4v) is 1.43. The molecular weight excluding hydrogens is 290 g/mol. The van der Waals surface area contributed by atoms with E-state index in [1.54, 1.807) is 0 Å². The minimum Gasteiger partial charge on any atom is -0.465 e. The molecule has 0 saturated heterocycles. The highest BCUT2D eigenvalue weighted by Gasteiger charge is 2.03. The molecule has 0 aliphatic carbocycles. The van der Waals surface area contributed by atoms with Crippen molar-refractivity contribution < 1.29 is 14.3 Å². The number of esters is 1. The Bertz CT molecular complexity index is 698. The Balaban J connectivity index is 0.000000220. The Labute approximate surface area is 124 Å². The lowest BCUT2D eigenvalue weighted by Gasteiger charge is -1.95. The summed E-state index contributed by atoms with van der Waals surface area (Å²) in [4.78, 5) is 47.8. The Hall–Kier alpha value is -3.00. The number of methoxy groups -OCH3 is 1. The number of ketones is 1. The molecule has 0 unspecified atom stereocenters. The van der Waals surface area contributed by atoms with Crippen LogP contribution in [0.15, 0.2) is 46.2 Å². The number of H-pyrrole nitrogens is 2. The molecule has 0 bridgehead atoms. The molecule has 2 rings (SSSR count). The van der Waals surface area contributed by atoms with Gasteiger partial charge in [-0.2, -0.15) is 0 Å². The molecule has 0 fully saturated rings. The smallest absolute Gasteiger partial charge is 0.338 e. The first-order valence-electron chi connectivity index (χ1n) is 6.17. The summed E-state index contributed by atoms with van der Waals surface area (Å²) in [6.45, 7) is -0.0660. The standard InChI is InChI=1S/C7H8N2O2.C7H7NO3/c8-4-6(10)5-1-2-9-7(11)3-5;1-11-7(10)5-2-3-8-6(9)4-5/h1-3H,4,8H2,(H,9,11);2-4H,1H3,(H,8,9). The number of aromatic nitrogens is 2. The second-order valence-corrected chi connectivity index (χ2v) is 4.00. The summed E-state index contributed by atoms with van der Waals surface area (Å²) in [5, 5.41) is 0. The van der Waals surface area contributed by atoms with Crippen molar-refractivity contribution in [1.29, 1.82) is 0 Å². The average molecular weight is 305 g/mol. The van der Waals surface area contributed by atoms with Crippen LogP contribution in [0.25, 0.3) is 0 Å². The number of carbonyl (C=O) groups is 2. The van der Waals surface area contributed by atoms with Crippen LogP contribution in [0.5, 0.6) is 0 Å². The number of nitrogens with two attached hydrogens (primary N) is 1. The monoisotopic (exact) mass is 305 g/mol. The lowest BCUT2D eigenvalue weighted by atomic mass is 10.2. The number of ether oxygens (including phenoxy) is 1. The van der Waals surface area contributed by atoms with Crippen LogP contribution >= 0.6 is 0 Å². The Morgan fingerprint density at radius 2 is 1.55 bits per heavy atom. The van der Waals surface area contributed by atoms with E-state index in [4.69, 9.17) is 5.73 Å². The highest BCUT2D eigenvalue weighted by atomic mass is 16.5. The quantitative estimate of drug-likeness (QED) is 0.525. The molecule has 0 aromatic carbocycles. The molecule has 0 spiro atoms. The van der Waals surface area contributed by atoms with Crippen molar-refractivity contribution in [3.63, 3.8) is 0 Å². The van der Waals surface area contributed by atoms with Crippen LogP contribution in [0.3, 0.4) is 0 Å². The molecule has 0 saturated carbocycles. The minimum absolute atomic E-state index is 0.0660. The highest BCUT2D eigenvalue weighted by molar-refractivity contribution is 5.97. The molecule has 2 heterocycles. The van der Waals surface area contributed by atoms with E-state index in [0.717, 1.165) is 0 Å². The third-order valence-electron chi connectivity index (χ3n) is 2.48. The van der Waals surface area contributed by atoms with Crippen molar-refractivity contribution >= 4 is 11.8 Å². The fourth-order valence-electron chi connectivity index (χ4n) is 1.43. The van der Waals surface area contributed by atoms with Gasteiger partial charge in [0.2, 0.25) is 11.1 Å². The van der Waals surface area contributed by atoms with Gasteiger partial charge >= 0.3 is 5.97 Å². The van der Waals surface area contributed by atoms with Crippen molar-refractivity contribution in [3.05, 3.63) is 68.5 Å². The van der Waals surface area contributed by atoms with Gasteiger partial charge in [-0.3, -0.25) is 14.4 Å². The first-order chi connectivity index (χ1) is 10.5. The van der Waals surface area contributed by atoms with Crippen molar-refractivity contribution in [2.75, 3.05) is 13.7 Å². The van der Waals surface area contributed by atoms with Gasteiger partial charge in [-0.05, 0) is 12.1 Å². The molecule has 0 aliphatic rings. The van der Waals surface area contributed by atoms with E-state index in [9.17, 15) is 19.2 Å². The number of rotatable bonds is 3. The summed E-state index contributed by atoms with van der Waals surface area (Å²) in [7, 11) is 1.27. The van der Waals surface area contributed by atoms with Crippen molar-refractivity contribution in [1.82, 2.24) is 9.97 Å². The Morgan fingerprint density at radius 1 is 1.05 bits per heavy atom. The maximum absolute atomic E-state index is 10.9. The summed E-state index contributed by atoms with van der Waals surface area (Å²) in [6.07, 6.45) is 2.82. The van der Waals surface area contributed by atoms with Crippen LogP contribution in [0, 0.1) is 0 Å². The number of carbonyl (C=O) groups excluding carboxylic acids is 2. The molecule has 8 heteroatoms. The third kappa shape index (κ3) is 5.17. The maximum Gasteiger partial charge on any atom is 0.338 e. The summed E-state index contributed by atoms with van der Waals surface area (Å²) in [5.74, 6) is -0.729. The van der Waals surface area contributed by atoms with E-state index < -0.39 is 5.97 Å². The van der Waals surface area contributed by atoms with E-state index in [2.05, 4.69) is 14.7 Å². The summed E-state index contributed by atoms with van der Waals surface area (Å²) >= 11 is 0. The lowest BCUT2D eigenvalue weighted by Crippen LogP contribution is -2.16. The van der Waals surface area contributed by atoms with Crippen LogP contribution in [-0.4, -0.2) is 35.4 Å². The molecule has 4 N–H and O–H groups in total. The van der Waals surface area contributed by atoms with Crippen LogP contribution in [0.4, 0.5) is 0 Å². The van der Waals surface area contributed by atoms with Crippen molar-refractivity contribution in [2.24, 2.45) is 5.73 Å². The topological polar surface area (TPSA) is 135 Å². The Kier molecular flexibility index (Phi) is 6.45. The van der Waals surface area contributed by atoms with Gasteiger partial charge in [0, 0.05) is 30.1 Å². The molecule has 2 aromatic heterocycles. The third-order valence-corrected chi connectivity index (χ3v) is 2.48. The zero-order valence-corrected chi connectivity index (χ0v) is 11.8. The molecule has 2 aromatic rings. The molecule has 0 amide bonds. The van der Waals surface area contributed by atoms with Gasteiger partial charge in [-0.1, -0.05) is 0 Å². The summed E-state index contributed by atoms with van der Waals surface area (Å²) < 4.78 is 4.40. The van der Waals surface area contributed by atoms with Gasteiger partial charge in [0.05, 0.1) is 19.2 Å². The van der Waals surface area contributed by atoms with E-state index in [0.29, 0.717) is 5.56 Å². The van der Waals surface area contributed by atoms with Crippen LogP contribution < -0.4 is 16.9 Å².